The van der Waals surface area contributed by atoms with Gasteiger partial charge in [-0.3, -0.25) is 4.79 Å². The molecule has 14 heavy (non-hydrogen) atoms. The smallest absolute Gasteiger partial charge is 0.197 e. The summed E-state index contributed by atoms with van der Waals surface area (Å²) in [5, 5.41) is 0. The van der Waals surface area contributed by atoms with Crippen LogP contribution in [0.1, 0.15) is 47.5 Å². The zero-order valence-electron chi connectivity index (χ0n) is 9.81. The molecule has 2 nitrogen and oxygen atoms in total. The zero-order valence-corrected chi connectivity index (χ0v) is 9.81. The van der Waals surface area contributed by atoms with Crippen molar-refractivity contribution in [1.82, 2.24) is 0 Å². The molecule has 0 saturated heterocycles. The Labute approximate surface area is 86.3 Å². The minimum Gasteiger partial charge on any atom is -0.487 e. The van der Waals surface area contributed by atoms with E-state index in [1.807, 2.05) is 20.8 Å². The first kappa shape index (κ1) is 11.3. The van der Waals surface area contributed by atoms with Gasteiger partial charge in [-0.1, -0.05) is 13.8 Å². The molecule has 0 aromatic rings. The number of ether oxygens (including phenoxy) is 1. The Morgan fingerprint density at radius 2 is 1.86 bits per heavy atom. The van der Waals surface area contributed by atoms with Crippen LogP contribution in [0.25, 0.3) is 0 Å². The predicted molar refractivity (Wildman–Crippen MR) is 56.9 cm³/mol. The van der Waals surface area contributed by atoms with E-state index in [0.717, 1.165) is 12.0 Å². The molecule has 0 radical (unpaired) electrons. The molecule has 1 aliphatic carbocycles. The van der Waals surface area contributed by atoms with Crippen LogP contribution in [0.2, 0.25) is 0 Å². The third-order valence-corrected chi connectivity index (χ3v) is 2.38. The summed E-state index contributed by atoms with van der Waals surface area (Å²) in [7, 11) is 0. The van der Waals surface area contributed by atoms with Gasteiger partial charge in [0.05, 0.1) is 6.10 Å². The summed E-state index contributed by atoms with van der Waals surface area (Å²) in [6, 6.07) is 0. The second kappa shape index (κ2) is 3.76. The van der Waals surface area contributed by atoms with E-state index in [1.54, 1.807) is 0 Å². The van der Waals surface area contributed by atoms with Crippen molar-refractivity contribution >= 4 is 5.78 Å². The molecule has 1 aliphatic rings. The van der Waals surface area contributed by atoms with Gasteiger partial charge in [0.1, 0.15) is 0 Å². The van der Waals surface area contributed by atoms with Crippen molar-refractivity contribution in [3.63, 3.8) is 0 Å². The van der Waals surface area contributed by atoms with Gasteiger partial charge in [-0.05, 0) is 38.2 Å². The zero-order chi connectivity index (χ0) is 10.9. The minimum atomic E-state index is 0.0881. The average Bonchev–Trinajstić information content (AvgIpc) is 1.94. The molecule has 0 atom stereocenters. The molecule has 0 amide bonds. The van der Waals surface area contributed by atoms with E-state index in [1.165, 1.54) is 0 Å². The standard InChI is InChI=1S/C12H20O2/c1-8(2)14-11-9(3)6-12(4,5)7-10(11)13/h8H,6-7H2,1-5H3. The number of Topliss-reactive ketones (excluding diaryl/α,β-unsaturated/α-hetero) is 1. The van der Waals surface area contributed by atoms with Crippen LogP contribution in [0, 0.1) is 5.41 Å². The number of allylic oxidation sites excluding steroid dienone is 2. The van der Waals surface area contributed by atoms with Crippen LogP contribution in [0.15, 0.2) is 11.3 Å². The van der Waals surface area contributed by atoms with E-state index in [4.69, 9.17) is 4.74 Å². The summed E-state index contributed by atoms with van der Waals surface area (Å²) in [4.78, 5) is 11.8. The monoisotopic (exact) mass is 196 g/mol. The Morgan fingerprint density at radius 3 is 2.29 bits per heavy atom. The van der Waals surface area contributed by atoms with Gasteiger partial charge in [0.2, 0.25) is 0 Å². The highest BCUT2D eigenvalue weighted by Gasteiger charge is 2.32. The Bertz CT molecular complexity index is 272. The highest BCUT2D eigenvalue weighted by Crippen LogP contribution is 2.37. The fourth-order valence-corrected chi connectivity index (χ4v) is 2.02. The van der Waals surface area contributed by atoms with Crippen molar-refractivity contribution in [2.75, 3.05) is 0 Å². The van der Waals surface area contributed by atoms with Gasteiger partial charge in [0, 0.05) is 6.42 Å². The van der Waals surface area contributed by atoms with Crippen LogP contribution in [-0.2, 0) is 9.53 Å². The Balaban J connectivity index is 2.88. The summed E-state index contributed by atoms with van der Waals surface area (Å²) in [6.45, 7) is 10.2. The van der Waals surface area contributed by atoms with Crippen LogP contribution in [0.5, 0.6) is 0 Å². The van der Waals surface area contributed by atoms with E-state index in [0.29, 0.717) is 12.2 Å². The molecule has 0 unspecified atom stereocenters. The maximum absolute atomic E-state index is 11.8. The van der Waals surface area contributed by atoms with Crippen molar-refractivity contribution in [2.45, 2.75) is 53.6 Å². The maximum atomic E-state index is 11.8. The number of hydrogen-bond acceptors (Lipinski definition) is 2. The Kier molecular flexibility index (Phi) is 3.03. The fraction of sp³-hybridized carbons (Fsp3) is 0.750. The van der Waals surface area contributed by atoms with Gasteiger partial charge in [-0.2, -0.15) is 0 Å². The lowest BCUT2D eigenvalue weighted by Gasteiger charge is -2.31. The Morgan fingerprint density at radius 1 is 1.29 bits per heavy atom. The second-order valence-electron chi connectivity index (χ2n) is 5.22. The van der Waals surface area contributed by atoms with Gasteiger partial charge in [-0.25, -0.2) is 0 Å². The number of rotatable bonds is 2. The first-order chi connectivity index (χ1) is 6.32. The molecule has 0 spiro atoms. The Hall–Kier alpha value is -0.790. The van der Waals surface area contributed by atoms with E-state index < -0.39 is 0 Å². The maximum Gasteiger partial charge on any atom is 0.197 e. The van der Waals surface area contributed by atoms with E-state index in [-0.39, 0.29) is 17.3 Å². The quantitative estimate of drug-likeness (QED) is 0.678. The van der Waals surface area contributed by atoms with Gasteiger partial charge in [0.25, 0.3) is 0 Å². The van der Waals surface area contributed by atoms with Crippen molar-refractivity contribution in [3.8, 4) is 0 Å². The summed E-state index contributed by atoms with van der Waals surface area (Å²) in [5.74, 6) is 0.770. The highest BCUT2D eigenvalue weighted by atomic mass is 16.5. The summed E-state index contributed by atoms with van der Waals surface area (Å²) < 4.78 is 5.54. The molecular weight excluding hydrogens is 176 g/mol. The lowest BCUT2D eigenvalue weighted by molar-refractivity contribution is -0.122. The lowest BCUT2D eigenvalue weighted by atomic mass is 9.76. The minimum absolute atomic E-state index is 0.0881. The molecule has 1 rings (SSSR count). The van der Waals surface area contributed by atoms with Crippen LogP contribution in [-0.4, -0.2) is 11.9 Å². The largest absolute Gasteiger partial charge is 0.487 e. The van der Waals surface area contributed by atoms with Gasteiger partial charge >= 0.3 is 0 Å². The summed E-state index contributed by atoms with van der Waals surface area (Å²) >= 11 is 0. The molecule has 0 aromatic carbocycles. The molecule has 0 aromatic heterocycles. The van der Waals surface area contributed by atoms with Gasteiger partial charge < -0.3 is 4.74 Å². The van der Waals surface area contributed by atoms with Crippen molar-refractivity contribution in [2.24, 2.45) is 5.41 Å². The first-order valence-electron chi connectivity index (χ1n) is 5.21. The normalized spacial score (nSPS) is 21.7. The second-order valence-corrected chi connectivity index (χ2v) is 5.22. The molecule has 0 heterocycles. The van der Waals surface area contributed by atoms with E-state index in [2.05, 4.69) is 13.8 Å². The van der Waals surface area contributed by atoms with Gasteiger partial charge in [0.15, 0.2) is 11.5 Å². The first-order valence-corrected chi connectivity index (χ1v) is 5.21. The highest BCUT2D eigenvalue weighted by molar-refractivity contribution is 5.95. The molecule has 80 valence electrons. The van der Waals surface area contributed by atoms with E-state index >= 15 is 0 Å². The van der Waals surface area contributed by atoms with Crippen molar-refractivity contribution in [3.05, 3.63) is 11.3 Å². The SMILES string of the molecule is CC1=C(OC(C)C)C(=O)CC(C)(C)C1. The lowest BCUT2D eigenvalue weighted by Crippen LogP contribution is -2.27. The fourth-order valence-electron chi connectivity index (χ4n) is 2.02. The molecule has 0 fully saturated rings. The van der Waals surface area contributed by atoms with Crippen molar-refractivity contribution < 1.29 is 9.53 Å². The molecule has 2 heteroatoms. The van der Waals surface area contributed by atoms with Crippen LogP contribution >= 0.6 is 0 Å². The summed E-state index contributed by atoms with van der Waals surface area (Å²) in [5.41, 5.74) is 1.20. The van der Waals surface area contributed by atoms with Gasteiger partial charge in [-0.15, -0.1) is 0 Å². The molecule has 0 saturated carbocycles. The number of hydrogen-bond donors (Lipinski definition) is 0. The number of carbonyl (C=O) groups is 1. The topological polar surface area (TPSA) is 26.3 Å². The van der Waals surface area contributed by atoms with Crippen LogP contribution in [0.3, 0.4) is 0 Å². The van der Waals surface area contributed by atoms with Crippen LogP contribution in [0.4, 0.5) is 0 Å². The predicted octanol–water partition coefficient (Wildman–Crippen LogP) is 3.07. The molecular formula is C12H20O2. The third kappa shape index (κ3) is 2.60. The molecule has 0 bridgehead atoms. The van der Waals surface area contributed by atoms with Crippen molar-refractivity contribution in [1.29, 1.82) is 0 Å². The van der Waals surface area contributed by atoms with Crippen LogP contribution < -0.4 is 0 Å². The summed E-state index contributed by atoms with van der Waals surface area (Å²) in [6.07, 6.45) is 1.65. The molecule has 0 N–H and O–H groups in total. The number of ketones is 1. The number of carbonyl (C=O) groups excluding carboxylic acids is 1. The average molecular weight is 196 g/mol. The van der Waals surface area contributed by atoms with E-state index in [9.17, 15) is 4.79 Å². The molecule has 0 aliphatic heterocycles. The third-order valence-electron chi connectivity index (χ3n) is 2.38.